The molecule has 1 saturated heterocycles. The molecule has 0 aliphatic carbocycles. The second-order valence-corrected chi connectivity index (χ2v) is 9.77. The predicted molar refractivity (Wildman–Crippen MR) is 145 cm³/mol. The molecule has 3 N–H and O–H groups in total. The van der Waals surface area contributed by atoms with Crippen molar-refractivity contribution in [1.29, 1.82) is 0 Å². The lowest BCUT2D eigenvalue weighted by Crippen LogP contribution is -2.39. The summed E-state index contributed by atoms with van der Waals surface area (Å²) in [7, 11) is 0. The van der Waals surface area contributed by atoms with Crippen LogP contribution in [-0.2, 0) is 32.2 Å². The number of aromatic nitrogens is 2. The van der Waals surface area contributed by atoms with Crippen LogP contribution < -0.4 is 5.32 Å². The first-order valence-electron chi connectivity index (χ1n) is 12.9. The fraction of sp³-hybridized carbons (Fsp3) is 0.300. The molecule has 9 nitrogen and oxygen atoms in total. The Balaban J connectivity index is 1.38. The molecule has 39 heavy (non-hydrogen) atoms. The van der Waals surface area contributed by atoms with Gasteiger partial charge in [0.1, 0.15) is 0 Å². The van der Waals surface area contributed by atoms with E-state index in [0.29, 0.717) is 12.2 Å². The molecule has 1 aliphatic heterocycles. The molecule has 2 heterocycles. The summed E-state index contributed by atoms with van der Waals surface area (Å²) in [6.45, 7) is 2.67. The van der Waals surface area contributed by atoms with E-state index in [-0.39, 0.29) is 43.5 Å². The van der Waals surface area contributed by atoms with Crippen LogP contribution >= 0.6 is 0 Å². The van der Waals surface area contributed by atoms with Gasteiger partial charge >= 0.3 is 5.97 Å². The number of nitrogens with one attached hydrogen (secondary N) is 1. The Kier molecular flexibility index (Phi) is 8.02. The normalized spacial score (nSPS) is 21.1. The van der Waals surface area contributed by atoms with E-state index in [4.69, 9.17) is 14.6 Å². The molecule has 1 fully saturated rings. The third-order valence-electron chi connectivity index (χ3n) is 7.06. The number of carbonyl (C=O) groups is 2. The largest absolute Gasteiger partial charge is 0.481 e. The lowest BCUT2D eigenvalue weighted by atomic mass is 9.90. The number of carboxylic acid groups (broad SMARTS) is 1. The number of hydrogen-bond donors (Lipinski definition) is 3. The van der Waals surface area contributed by atoms with Crippen molar-refractivity contribution in [2.45, 2.75) is 51.4 Å². The van der Waals surface area contributed by atoms with Crippen molar-refractivity contribution >= 4 is 28.6 Å². The number of rotatable bonds is 9. The number of anilines is 1. The van der Waals surface area contributed by atoms with E-state index < -0.39 is 12.3 Å². The SMILES string of the molecule is C[C@H]1[C@@H](Cn2cnc3ccccc32)O[C@@H](c2ccc(NC(=O)CCC(=O)O)cc2)O[C@H]1c1ccc(CO)cc1. The summed E-state index contributed by atoms with van der Waals surface area (Å²) in [4.78, 5) is 27.3. The number of fused-ring (bicyclic) bond motifs is 1. The number of ether oxygens (including phenoxy) is 2. The minimum atomic E-state index is -1.01. The third kappa shape index (κ3) is 6.17. The number of imidazole rings is 1. The van der Waals surface area contributed by atoms with Gasteiger partial charge in [-0.3, -0.25) is 9.59 Å². The van der Waals surface area contributed by atoms with Crippen molar-refractivity contribution < 1.29 is 29.3 Å². The van der Waals surface area contributed by atoms with Crippen LogP contribution in [0.25, 0.3) is 11.0 Å². The van der Waals surface area contributed by atoms with E-state index in [1.807, 2.05) is 67.0 Å². The Bertz CT molecular complexity index is 1430. The van der Waals surface area contributed by atoms with Crippen molar-refractivity contribution in [3.05, 3.63) is 95.8 Å². The van der Waals surface area contributed by atoms with Crippen LogP contribution in [0.3, 0.4) is 0 Å². The summed E-state index contributed by atoms with van der Waals surface area (Å²) in [5.74, 6) is -1.36. The quantitative estimate of drug-likeness (QED) is 0.284. The average Bonchev–Trinajstić information content (AvgIpc) is 3.36. The smallest absolute Gasteiger partial charge is 0.303 e. The number of amides is 1. The Morgan fingerprint density at radius 1 is 0.949 bits per heavy atom. The fourth-order valence-corrected chi connectivity index (χ4v) is 4.85. The molecular formula is C30H31N3O6. The van der Waals surface area contributed by atoms with Gasteiger partial charge in [0.2, 0.25) is 5.91 Å². The van der Waals surface area contributed by atoms with Gasteiger partial charge < -0.3 is 29.6 Å². The van der Waals surface area contributed by atoms with Crippen molar-refractivity contribution in [1.82, 2.24) is 9.55 Å². The zero-order valence-corrected chi connectivity index (χ0v) is 21.6. The molecule has 9 heteroatoms. The van der Waals surface area contributed by atoms with E-state index >= 15 is 0 Å². The number of benzene rings is 3. The minimum Gasteiger partial charge on any atom is -0.481 e. The molecule has 1 aliphatic rings. The highest BCUT2D eigenvalue weighted by Gasteiger charge is 2.38. The summed E-state index contributed by atoms with van der Waals surface area (Å²) in [5, 5.41) is 21.0. The summed E-state index contributed by atoms with van der Waals surface area (Å²) in [5.41, 5.74) is 5.14. The molecule has 0 spiro atoms. The van der Waals surface area contributed by atoms with Crippen LogP contribution in [0, 0.1) is 5.92 Å². The van der Waals surface area contributed by atoms with Gasteiger partial charge in [0, 0.05) is 23.6 Å². The molecule has 1 aromatic heterocycles. The van der Waals surface area contributed by atoms with Gasteiger partial charge in [0.25, 0.3) is 0 Å². The molecule has 4 atom stereocenters. The molecule has 202 valence electrons. The number of nitrogens with zero attached hydrogens (tertiary/aromatic N) is 2. The van der Waals surface area contributed by atoms with Crippen molar-refractivity contribution in [2.24, 2.45) is 5.92 Å². The summed E-state index contributed by atoms with van der Waals surface area (Å²) in [6.07, 6.45) is 0.412. The van der Waals surface area contributed by atoms with Gasteiger partial charge in [-0.1, -0.05) is 55.5 Å². The second-order valence-electron chi connectivity index (χ2n) is 9.77. The molecule has 0 radical (unpaired) electrons. The first-order valence-corrected chi connectivity index (χ1v) is 12.9. The maximum atomic E-state index is 12.0. The zero-order chi connectivity index (χ0) is 27.4. The lowest BCUT2D eigenvalue weighted by Gasteiger charge is -2.41. The first-order chi connectivity index (χ1) is 18.9. The van der Waals surface area contributed by atoms with Gasteiger partial charge in [-0.2, -0.15) is 0 Å². The van der Waals surface area contributed by atoms with Crippen molar-refractivity contribution in [2.75, 3.05) is 5.32 Å². The molecule has 0 saturated carbocycles. The maximum Gasteiger partial charge on any atom is 0.303 e. The van der Waals surface area contributed by atoms with E-state index in [9.17, 15) is 14.7 Å². The number of hydrogen-bond acceptors (Lipinski definition) is 6. The Hall–Kier alpha value is -4.05. The molecule has 0 unspecified atom stereocenters. The first kappa shape index (κ1) is 26.6. The highest BCUT2D eigenvalue weighted by Crippen LogP contribution is 2.42. The standard InChI is InChI=1S/C30H31N3O6/c1-19-26(16-33-18-31-24-4-2-3-5-25(24)33)38-30(39-29(19)21-8-6-20(17-34)7-9-21)22-10-12-23(13-11-22)32-27(35)14-15-28(36)37/h2-13,18-19,26,29-30,34H,14-17H2,1H3,(H,32,35)(H,36,37)/t19-,26+,29+,30+/m0/s1. The summed E-state index contributed by atoms with van der Waals surface area (Å²) in [6, 6.07) is 22.9. The molecular weight excluding hydrogens is 498 g/mol. The van der Waals surface area contributed by atoms with Crippen LogP contribution in [-0.4, -0.2) is 37.7 Å². The van der Waals surface area contributed by atoms with Gasteiger partial charge in [-0.25, -0.2) is 4.98 Å². The average molecular weight is 530 g/mol. The van der Waals surface area contributed by atoms with Gasteiger partial charge in [-0.05, 0) is 35.4 Å². The lowest BCUT2D eigenvalue weighted by molar-refractivity contribution is -0.276. The monoisotopic (exact) mass is 529 g/mol. The Morgan fingerprint density at radius 3 is 2.38 bits per heavy atom. The predicted octanol–water partition coefficient (Wildman–Crippen LogP) is 4.82. The van der Waals surface area contributed by atoms with Crippen molar-refractivity contribution in [3.8, 4) is 0 Å². The van der Waals surface area contributed by atoms with E-state index in [2.05, 4.69) is 21.8 Å². The van der Waals surface area contributed by atoms with E-state index in [1.54, 1.807) is 12.1 Å². The second kappa shape index (κ2) is 11.8. The van der Waals surface area contributed by atoms with Gasteiger partial charge in [0.15, 0.2) is 6.29 Å². The highest BCUT2D eigenvalue weighted by atomic mass is 16.7. The van der Waals surface area contributed by atoms with E-state index in [1.165, 1.54) is 0 Å². The highest BCUT2D eigenvalue weighted by molar-refractivity contribution is 5.92. The Labute approximate surface area is 226 Å². The number of carboxylic acids is 1. The molecule has 3 aromatic carbocycles. The van der Waals surface area contributed by atoms with Crippen LogP contribution in [0.4, 0.5) is 5.69 Å². The number of aliphatic hydroxyl groups excluding tert-OH is 1. The summed E-state index contributed by atoms with van der Waals surface area (Å²) >= 11 is 0. The number of aliphatic hydroxyl groups is 1. The van der Waals surface area contributed by atoms with Crippen LogP contribution in [0.1, 0.15) is 48.8 Å². The zero-order valence-electron chi connectivity index (χ0n) is 21.6. The van der Waals surface area contributed by atoms with Gasteiger partial charge in [-0.15, -0.1) is 0 Å². The third-order valence-corrected chi connectivity index (χ3v) is 7.06. The summed E-state index contributed by atoms with van der Waals surface area (Å²) < 4.78 is 15.1. The Morgan fingerprint density at radius 2 is 1.67 bits per heavy atom. The topological polar surface area (TPSA) is 123 Å². The number of para-hydroxylation sites is 2. The molecule has 1 amide bonds. The number of aliphatic carboxylic acids is 1. The van der Waals surface area contributed by atoms with Gasteiger partial charge in [0.05, 0.1) is 49.1 Å². The maximum absolute atomic E-state index is 12.0. The van der Waals surface area contributed by atoms with Crippen LogP contribution in [0.2, 0.25) is 0 Å². The number of carbonyl (C=O) groups excluding carboxylic acids is 1. The molecule has 5 rings (SSSR count). The van der Waals surface area contributed by atoms with Crippen molar-refractivity contribution in [3.63, 3.8) is 0 Å². The van der Waals surface area contributed by atoms with Crippen LogP contribution in [0.5, 0.6) is 0 Å². The van der Waals surface area contributed by atoms with Crippen LogP contribution in [0.15, 0.2) is 79.1 Å². The minimum absolute atomic E-state index is 0.00943. The fourth-order valence-electron chi connectivity index (χ4n) is 4.85. The molecule has 0 bridgehead atoms. The van der Waals surface area contributed by atoms with E-state index in [0.717, 1.165) is 27.7 Å². The molecule has 4 aromatic rings.